The normalized spacial score (nSPS) is 11.5. The molecular weight excluding hydrogens is 604 g/mol. The van der Waals surface area contributed by atoms with Gasteiger partial charge in [0.1, 0.15) is 17.2 Å². The highest BCUT2D eigenvalue weighted by Gasteiger charge is 2.20. The number of carboxylic acids is 1. The number of rotatable bonds is 13. The summed E-state index contributed by atoms with van der Waals surface area (Å²) in [7, 11) is -7.99. The molecule has 0 bridgehead atoms. The summed E-state index contributed by atoms with van der Waals surface area (Å²) in [4.78, 5) is 11.9. The molecule has 3 N–H and O–H groups in total. The second-order valence-electron chi connectivity index (χ2n) is 8.98. The number of unbranched alkanes of at least 4 members (excludes halogenated alkanes) is 1. The van der Waals surface area contributed by atoms with Crippen LogP contribution in [0.3, 0.4) is 0 Å². The Morgan fingerprint density at radius 2 is 1.31 bits per heavy atom. The zero-order valence-electron chi connectivity index (χ0n) is 22.3. The van der Waals surface area contributed by atoms with Crippen LogP contribution < -0.4 is 18.9 Å². The van der Waals surface area contributed by atoms with Crippen molar-refractivity contribution in [2.75, 3.05) is 16.1 Å². The molecule has 0 radical (unpaired) electrons. The summed E-state index contributed by atoms with van der Waals surface area (Å²) in [5.74, 6) is -0.531. The molecule has 4 aromatic rings. The van der Waals surface area contributed by atoms with Gasteiger partial charge in [0.25, 0.3) is 20.0 Å². The molecule has 0 saturated heterocycles. The Morgan fingerprint density at radius 1 is 0.762 bits per heavy atom. The van der Waals surface area contributed by atoms with E-state index in [1.165, 1.54) is 72.8 Å². The molecular formula is C29H27ClN2O8S2. The van der Waals surface area contributed by atoms with Gasteiger partial charge >= 0.3 is 5.97 Å². The van der Waals surface area contributed by atoms with Crippen LogP contribution in [-0.4, -0.2) is 34.5 Å². The second kappa shape index (κ2) is 13.1. The molecule has 0 aliphatic rings. The lowest BCUT2D eigenvalue weighted by Gasteiger charge is -2.13. The van der Waals surface area contributed by atoms with Crippen molar-refractivity contribution in [3.63, 3.8) is 0 Å². The van der Waals surface area contributed by atoms with E-state index in [9.17, 15) is 26.7 Å². The fourth-order valence-corrected chi connectivity index (χ4v) is 5.93. The summed E-state index contributed by atoms with van der Waals surface area (Å²) in [5.41, 5.74) is -0.167. The lowest BCUT2D eigenvalue weighted by molar-refractivity contribution is 0.0697. The van der Waals surface area contributed by atoms with Crippen LogP contribution in [0.25, 0.3) is 0 Å². The van der Waals surface area contributed by atoms with Crippen LogP contribution in [0.1, 0.15) is 30.1 Å². The zero-order valence-corrected chi connectivity index (χ0v) is 24.7. The van der Waals surface area contributed by atoms with Crippen molar-refractivity contribution in [2.45, 2.75) is 29.6 Å². The van der Waals surface area contributed by atoms with Gasteiger partial charge in [0.15, 0.2) is 0 Å². The van der Waals surface area contributed by atoms with E-state index in [1.54, 1.807) is 12.1 Å². The number of anilines is 2. The molecule has 0 aliphatic heterocycles. The third kappa shape index (κ3) is 7.93. The number of ether oxygens (including phenoxy) is 2. The molecule has 10 nitrogen and oxygen atoms in total. The molecule has 4 aromatic carbocycles. The SMILES string of the molecule is CCCCOc1ccc(S(=O)(=O)Nc2ccc(Oc3ccc(S(=O)(=O)Nc4ccc(Cl)cc4)cc3)cc2C(=O)O)cc1. The fraction of sp³-hybridized carbons (Fsp3) is 0.138. The van der Waals surface area contributed by atoms with Crippen molar-refractivity contribution in [1.82, 2.24) is 0 Å². The van der Waals surface area contributed by atoms with Crippen LogP contribution in [0.15, 0.2) is 101 Å². The summed E-state index contributed by atoms with van der Waals surface area (Å²) < 4.78 is 67.2. The highest BCUT2D eigenvalue weighted by molar-refractivity contribution is 7.93. The maximum Gasteiger partial charge on any atom is 0.337 e. The zero-order chi connectivity index (χ0) is 30.3. The Hall–Kier alpha value is -4.26. The van der Waals surface area contributed by atoms with E-state index < -0.39 is 26.0 Å². The van der Waals surface area contributed by atoms with Crippen molar-refractivity contribution in [2.24, 2.45) is 0 Å². The van der Waals surface area contributed by atoms with Gasteiger partial charge in [0.2, 0.25) is 0 Å². The number of carbonyl (C=O) groups is 1. The Labute approximate surface area is 249 Å². The van der Waals surface area contributed by atoms with E-state index >= 15 is 0 Å². The topological polar surface area (TPSA) is 148 Å². The predicted molar refractivity (Wildman–Crippen MR) is 160 cm³/mol. The third-order valence-corrected chi connectivity index (χ3v) is 8.86. The number of carboxylic acid groups (broad SMARTS) is 1. The van der Waals surface area contributed by atoms with Crippen molar-refractivity contribution in [3.05, 3.63) is 102 Å². The van der Waals surface area contributed by atoms with Crippen LogP contribution in [0.2, 0.25) is 5.02 Å². The van der Waals surface area contributed by atoms with Gasteiger partial charge in [0, 0.05) is 10.7 Å². The van der Waals surface area contributed by atoms with Gasteiger partial charge in [-0.1, -0.05) is 24.9 Å². The van der Waals surface area contributed by atoms with Crippen LogP contribution in [-0.2, 0) is 20.0 Å². The minimum absolute atomic E-state index is 0.0265. The van der Waals surface area contributed by atoms with Crippen LogP contribution in [0.5, 0.6) is 17.2 Å². The molecule has 13 heteroatoms. The highest BCUT2D eigenvalue weighted by atomic mass is 35.5. The van der Waals surface area contributed by atoms with Crippen molar-refractivity contribution in [3.8, 4) is 17.2 Å². The van der Waals surface area contributed by atoms with E-state index in [4.69, 9.17) is 21.1 Å². The van der Waals surface area contributed by atoms with Crippen molar-refractivity contribution < 1.29 is 36.2 Å². The lowest BCUT2D eigenvalue weighted by atomic mass is 10.2. The predicted octanol–water partition coefficient (Wildman–Crippen LogP) is 6.61. The minimum atomic E-state index is -4.11. The minimum Gasteiger partial charge on any atom is -0.494 e. The molecule has 0 atom stereocenters. The van der Waals surface area contributed by atoms with Crippen LogP contribution in [0.4, 0.5) is 11.4 Å². The van der Waals surface area contributed by atoms with Gasteiger partial charge in [-0.15, -0.1) is 0 Å². The first kappa shape index (κ1) is 30.7. The summed E-state index contributed by atoms with van der Waals surface area (Å²) in [6.07, 6.45) is 1.83. The number of hydrogen-bond acceptors (Lipinski definition) is 7. The summed E-state index contributed by atoms with van der Waals surface area (Å²) in [6, 6.07) is 21.3. The van der Waals surface area contributed by atoms with E-state index in [2.05, 4.69) is 9.44 Å². The number of benzene rings is 4. The smallest absolute Gasteiger partial charge is 0.337 e. The molecule has 0 fully saturated rings. The Morgan fingerprint density at radius 3 is 1.88 bits per heavy atom. The summed E-state index contributed by atoms with van der Waals surface area (Å²) in [6.45, 7) is 2.55. The number of hydrogen-bond donors (Lipinski definition) is 3. The molecule has 4 rings (SSSR count). The molecule has 0 saturated carbocycles. The van der Waals surface area contributed by atoms with E-state index in [1.807, 2.05) is 6.92 Å². The van der Waals surface area contributed by atoms with E-state index in [0.29, 0.717) is 23.1 Å². The first-order valence-corrected chi connectivity index (χ1v) is 16.0. The van der Waals surface area contributed by atoms with Gasteiger partial charge in [-0.05, 0) is 97.4 Å². The average molecular weight is 631 g/mol. The number of halogens is 1. The largest absolute Gasteiger partial charge is 0.494 e. The van der Waals surface area contributed by atoms with Gasteiger partial charge in [0.05, 0.1) is 27.6 Å². The second-order valence-corrected chi connectivity index (χ2v) is 12.8. The molecule has 0 heterocycles. The summed E-state index contributed by atoms with van der Waals surface area (Å²) >= 11 is 5.84. The molecule has 0 amide bonds. The fourth-order valence-electron chi connectivity index (χ4n) is 3.66. The average Bonchev–Trinajstić information content (AvgIpc) is 2.95. The first-order valence-electron chi connectivity index (χ1n) is 12.7. The summed E-state index contributed by atoms with van der Waals surface area (Å²) in [5, 5.41) is 10.2. The standard InChI is InChI=1S/C29H27ClN2O8S2/c1-2-3-18-39-22-8-13-26(14-9-22)42(37,38)32-28-17-12-24(19-27(28)29(33)34)40-23-10-15-25(16-11-23)41(35,36)31-21-6-4-20(30)5-7-21/h4-17,19,31-32H,2-3,18H2,1H3,(H,33,34). The molecule has 220 valence electrons. The maximum absolute atomic E-state index is 12.9. The maximum atomic E-state index is 12.9. The Bertz CT molecular complexity index is 1760. The van der Waals surface area contributed by atoms with Crippen LogP contribution >= 0.6 is 11.6 Å². The monoisotopic (exact) mass is 630 g/mol. The highest BCUT2D eigenvalue weighted by Crippen LogP contribution is 2.29. The van der Waals surface area contributed by atoms with Gasteiger partial charge in [-0.25, -0.2) is 21.6 Å². The Balaban J connectivity index is 1.47. The van der Waals surface area contributed by atoms with Gasteiger partial charge < -0.3 is 14.6 Å². The van der Waals surface area contributed by atoms with Gasteiger partial charge in [-0.2, -0.15) is 0 Å². The van der Waals surface area contributed by atoms with Gasteiger partial charge in [-0.3, -0.25) is 9.44 Å². The molecule has 42 heavy (non-hydrogen) atoms. The third-order valence-electron chi connectivity index (χ3n) is 5.83. The van der Waals surface area contributed by atoms with E-state index in [0.717, 1.165) is 18.9 Å². The number of nitrogens with one attached hydrogen (secondary N) is 2. The molecule has 0 spiro atoms. The Kier molecular flexibility index (Phi) is 9.61. The molecule has 0 aliphatic carbocycles. The van der Waals surface area contributed by atoms with Crippen LogP contribution in [0, 0.1) is 0 Å². The molecule has 0 unspecified atom stereocenters. The number of sulfonamides is 2. The van der Waals surface area contributed by atoms with Crippen molar-refractivity contribution >= 4 is 49.0 Å². The van der Waals surface area contributed by atoms with Crippen molar-refractivity contribution in [1.29, 1.82) is 0 Å². The first-order chi connectivity index (χ1) is 20.0. The number of aromatic carboxylic acids is 1. The quantitative estimate of drug-likeness (QED) is 0.140. The molecule has 0 aromatic heterocycles. The lowest BCUT2D eigenvalue weighted by Crippen LogP contribution is -2.15. The van der Waals surface area contributed by atoms with E-state index in [-0.39, 0.29) is 32.5 Å².